The standard InChI is InChI=1S/C8H8O2/c1-3-7-5-10-6(2)8(7)4-9/h1,5,9H,4H2,2H3. The van der Waals surface area contributed by atoms with Crippen molar-refractivity contribution in [2.45, 2.75) is 13.5 Å². The van der Waals surface area contributed by atoms with Crippen molar-refractivity contribution in [1.29, 1.82) is 0 Å². The molecule has 0 aliphatic carbocycles. The molecule has 0 unspecified atom stereocenters. The van der Waals surface area contributed by atoms with Crippen LogP contribution in [0.25, 0.3) is 0 Å². The van der Waals surface area contributed by atoms with Crippen molar-refractivity contribution in [2.75, 3.05) is 0 Å². The molecule has 0 spiro atoms. The van der Waals surface area contributed by atoms with Crippen molar-refractivity contribution in [3.8, 4) is 12.3 Å². The second kappa shape index (κ2) is 2.59. The van der Waals surface area contributed by atoms with E-state index in [2.05, 4.69) is 5.92 Å². The molecule has 52 valence electrons. The Bertz CT molecular complexity index is 265. The Hall–Kier alpha value is -1.20. The predicted molar refractivity (Wildman–Crippen MR) is 37.3 cm³/mol. The van der Waals surface area contributed by atoms with Crippen molar-refractivity contribution in [2.24, 2.45) is 0 Å². The van der Waals surface area contributed by atoms with Crippen LogP contribution in [-0.2, 0) is 6.61 Å². The molecule has 0 fully saturated rings. The first-order chi connectivity index (χ1) is 4.79. The molecular weight excluding hydrogens is 128 g/mol. The third-order valence-electron chi connectivity index (χ3n) is 1.42. The van der Waals surface area contributed by atoms with Crippen LogP contribution in [0.15, 0.2) is 10.7 Å². The van der Waals surface area contributed by atoms with Gasteiger partial charge in [0.05, 0.1) is 12.2 Å². The van der Waals surface area contributed by atoms with Crippen molar-refractivity contribution < 1.29 is 9.52 Å². The van der Waals surface area contributed by atoms with Gasteiger partial charge in [0.1, 0.15) is 12.0 Å². The van der Waals surface area contributed by atoms with E-state index in [1.165, 1.54) is 6.26 Å². The Morgan fingerprint density at radius 1 is 1.80 bits per heavy atom. The van der Waals surface area contributed by atoms with Gasteiger partial charge in [0.2, 0.25) is 0 Å². The zero-order chi connectivity index (χ0) is 7.56. The van der Waals surface area contributed by atoms with Crippen LogP contribution in [0.1, 0.15) is 16.9 Å². The van der Waals surface area contributed by atoms with Crippen LogP contribution >= 0.6 is 0 Å². The number of hydrogen-bond acceptors (Lipinski definition) is 2. The van der Waals surface area contributed by atoms with E-state index in [9.17, 15) is 0 Å². The Kier molecular flexibility index (Phi) is 1.79. The Labute approximate surface area is 59.5 Å². The summed E-state index contributed by atoms with van der Waals surface area (Å²) in [4.78, 5) is 0. The summed E-state index contributed by atoms with van der Waals surface area (Å²) >= 11 is 0. The molecule has 10 heavy (non-hydrogen) atoms. The molecule has 0 aromatic carbocycles. The molecule has 0 amide bonds. The van der Waals surface area contributed by atoms with Gasteiger partial charge in [-0.3, -0.25) is 0 Å². The number of furan rings is 1. The topological polar surface area (TPSA) is 33.4 Å². The first-order valence-electron chi connectivity index (χ1n) is 2.94. The number of aliphatic hydroxyl groups is 1. The Balaban J connectivity index is 3.16. The summed E-state index contributed by atoms with van der Waals surface area (Å²) in [6, 6.07) is 0. The minimum atomic E-state index is -0.0537. The molecule has 1 aromatic heterocycles. The largest absolute Gasteiger partial charge is 0.468 e. The highest BCUT2D eigenvalue weighted by molar-refractivity contribution is 5.39. The Morgan fingerprint density at radius 3 is 2.90 bits per heavy atom. The fraction of sp³-hybridized carbons (Fsp3) is 0.250. The van der Waals surface area contributed by atoms with Crippen molar-refractivity contribution >= 4 is 0 Å². The zero-order valence-corrected chi connectivity index (χ0v) is 5.72. The van der Waals surface area contributed by atoms with Crippen LogP contribution in [-0.4, -0.2) is 5.11 Å². The molecule has 1 aromatic rings. The quantitative estimate of drug-likeness (QED) is 0.585. The number of hydrogen-bond donors (Lipinski definition) is 1. The van der Waals surface area contributed by atoms with Crippen LogP contribution in [0.3, 0.4) is 0 Å². The highest BCUT2D eigenvalue weighted by Crippen LogP contribution is 2.14. The van der Waals surface area contributed by atoms with E-state index in [4.69, 9.17) is 15.9 Å². The zero-order valence-electron chi connectivity index (χ0n) is 5.72. The summed E-state index contributed by atoms with van der Waals surface area (Å²) in [5.74, 6) is 3.10. The van der Waals surface area contributed by atoms with Gasteiger partial charge in [-0.2, -0.15) is 0 Å². The molecule has 0 bridgehead atoms. The maximum absolute atomic E-state index is 8.76. The van der Waals surface area contributed by atoms with Gasteiger partial charge in [-0.15, -0.1) is 6.42 Å². The maximum atomic E-state index is 8.76. The minimum Gasteiger partial charge on any atom is -0.468 e. The third kappa shape index (κ3) is 0.916. The van der Waals surface area contributed by atoms with E-state index < -0.39 is 0 Å². The molecular formula is C8H8O2. The normalized spacial score (nSPS) is 9.30. The fourth-order valence-corrected chi connectivity index (χ4v) is 0.797. The van der Waals surface area contributed by atoms with Gasteiger partial charge in [-0.25, -0.2) is 0 Å². The summed E-state index contributed by atoms with van der Waals surface area (Å²) in [7, 11) is 0. The third-order valence-corrected chi connectivity index (χ3v) is 1.42. The molecule has 2 nitrogen and oxygen atoms in total. The first-order valence-corrected chi connectivity index (χ1v) is 2.94. The van der Waals surface area contributed by atoms with Gasteiger partial charge < -0.3 is 9.52 Å². The van der Waals surface area contributed by atoms with Gasteiger partial charge in [0.25, 0.3) is 0 Å². The monoisotopic (exact) mass is 136 g/mol. The van der Waals surface area contributed by atoms with Crippen molar-refractivity contribution in [3.63, 3.8) is 0 Å². The molecule has 1 rings (SSSR count). The second-order valence-corrected chi connectivity index (χ2v) is 1.99. The minimum absolute atomic E-state index is 0.0537. The van der Waals surface area contributed by atoms with Gasteiger partial charge in [0.15, 0.2) is 0 Å². The van der Waals surface area contributed by atoms with Crippen LogP contribution in [0.4, 0.5) is 0 Å². The van der Waals surface area contributed by atoms with Crippen LogP contribution in [0, 0.1) is 19.3 Å². The average Bonchev–Trinajstić information content (AvgIpc) is 2.30. The fourth-order valence-electron chi connectivity index (χ4n) is 0.797. The number of aliphatic hydroxyl groups excluding tert-OH is 1. The summed E-state index contributed by atoms with van der Waals surface area (Å²) < 4.78 is 4.97. The van der Waals surface area contributed by atoms with E-state index in [1.54, 1.807) is 6.92 Å². The molecule has 0 saturated heterocycles. The first kappa shape index (κ1) is 6.91. The molecule has 0 aliphatic heterocycles. The average molecular weight is 136 g/mol. The van der Waals surface area contributed by atoms with Gasteiger partial charge >= 0.3 is 0 Å². The van der Waals surface area contributed by atoms with Crippen LogP contribution in [0.2, 0.25) is 0 Å². The maximum Gasteiger partial charge on any atom is 0.107 e. The smallest absolute Gasteiger partial charge is 0.107 e. The molecule has 1 heterocycles. The molecule has 0 atom stereocenters. The van der Waals surface area contributed by atoms with E-state index in [-0.39, 0.29) is 6.61 Å². The molecule has 0 saturated carbocycles. The van der Waals surface area contributed by atoms with Gasteiger partial charge in [-0.05, 0) is 6.92 Å². The SMILES string of the molecule is C#Cc1coc(C)c1CO. The van der Waals surface area contributed by atoms with Crippen LogP contribution < -0.4 is 0 Å². The summed E-state index contributed by atoms with van der Waals surface area (Å²) in [5.41, 5.74) is 1.35. The Morgan fingerprint density at radius 2 is 2.50 bits per heavy atom. The number of rotatable bonds is 1. The van der Waals surface area contributed by atoms with E-state index >= 15 is 0 Å². The number of aryl methyl sites for hydroxylation is 1. The molecule has 2 heteroatoms. The summed E-state index contributed by atoms with van der Waals surface area (Å²) in [6.07, 6.45) is 6.59. The predicted octanol–water partition coefficient (Wildman–Crippen LogP) is 1.06. The van der Waals surface area contributed by atoms with E-state index in [0.29, 0.717) is 16.9 Å². The van der Waals surface area contributed by atoms with Gasteiger partial charge in [-0.1, -0.05) is 5.92 Å². The lowest BCUT2D eigenvalue weighted by Crippen LogP contribution is -1.85. The molecule has 0 radical (unpaired) electrons. The van der Waals surface area contributed by atoms with Crippen molar-refractivity contribution in [3.05, 3.63) is 23.2 Å². The lowest BCUT2D eigenvalue weighted by atomic mass is 10.2. The highest BCUT2D eigenvalue weighted by Gasteiger charge is 2.05. The molecule has 0 aliphatic rings. The lowest BCUT2D eigenvalue weighted by molar-refractivity contribution is 0.279. The van der Waals surface area contributed by atoms with Gasteiger partial charge in [0, 0.05) is 5.56 Å². The van der Waals surface area contributed by atoms with Crippen molar-refractivity contribution in [1.82, 2.24) is 0 Å². The lowest BCUT2D eigenvalue weighted by Gasteiger charge is -1.90. The summed E-state index contributed by atoms with van der Waals surface area (Å²) in [5, 5.41) is 8.76. The highest BCUT2D eigenvalue weighted by atomic mass is 16.3. The van der Waals surface area contributed by atoms with E-state index in [0.717, 1.165) is 0 Å². The van der Waals surface area contributed by atoms with E-state index in [1.807, 2.05) is 0 Å². The molecule has 1 N–H and O–H groups in total. The second-order valence-electron chi connectivity index (χ2n) is 1.99. The summed E-state index contributed by atoms with van der Waals surface area (Å²) in [6.45, 7) is 1.72. The van der Waals surface area contributed by atoms with Crippen LogP contribution in [0.5, 0.6) is 0 Å². The number of terminal acetylenes is 1.